The molecule has 1 aliphatic heterocycles. The first-order valence-corrected chi connectivity index (χ1v) is 4.86. The van der Waals surface area contributed by atoms with Gasteiger partial charge in [-0.15, -0.1) is 0 Å². The van der Waals surface area contributed by atoms with Gasteiger partial charge in [0.1, 0.15) is 0 Å². The Bertz CT molecular complexity index is 295. The van der Waals surface area contributed by atoms with E-state index in [4.69, 9.17) is 0 Å². The van der Waals surface area contributed by atoms with Crippen LogP contribution in [0.2, 0.25) is 0 Å². The van der Waals surface area contributed by atoms with Crippen LogP contribution in [-0.4, -0.2) is 16.2 Å². The highest BCUT2D eigenvalue weighted by Gasteiger charge is 2.28. The van der Waals surface area contributed by atoms with Gasteiger partial charge in [0.05, 0.1) is 11.4 Å². The van der Waals surface area contributed by atoms with Gasteiger partial charge in [-0.3, -0.25) is 5.10 Å². The van der Waals surface area contributed by atoms with Crippen LogP contribution in [0.1, 0.15) is 32.9 Å². The number of hydrogen-bond acceptors (Lipinski definition) is 2. The van der Waals surface area contributed by atoms with Crippen molar-refractivity contribution in [2.45, 2.75) is 39.7 Å². The van der Waals surface area contributed by atoms with Crippen LogP contribution in [-0.2, 0) is 6.42 Å². The summed E-state index contributed by atoms with van der Waals surface area (Å²) in [4.78, 5) is 0. The molecule has 1 atom stereocenters. The second-order valence-electron chi connectivity index (χ2n) is 4.85. The number of anilines is 1. The van der Waals surface area contributed by atoms with Gasteiger partial charge in [-0.25, -0.2) is 0 Å². The lowest BCUT2D eigenvalue weighted by molar-refractivity contribution is 0.320. The largest absolute Gasteiger partial charge is 0.379 e. The predicted octanol–water partition coefficient (Wildman–Crippen LogP) is 2.18. The van der Waals surface area contributed by atoms with E-state index in [0.717, 1.165) is 6.42 Å². The maximum atomic E-state index is 4.19. The minimum Gasteiger partial charge on any atom is -0.379 e. The number of H-pyrrole nitrogens is 1. The van der Waals surface area contributed by atoms with Crippen molar-refractivity contribution in [2.75, 3.05) is 5.32 Å². The third-order valence-corrected chi connectivity index (χ3v) is 2.76. The molecule has 2 N–H and O–H groups in total. The van der Waals surface area contributed by atoms with Gasteiger partial charge >= 0.3 is 0 Å². The van der Waals surface area contributed by atoms with Crippen LogP contribution in [0.15, 0.2) is 6.20 Å². The van der Waals surface area contributed by atoms with Crippen molar-refractivity contribution >= 4 is 5.69 Å². The van der Waals surface area contributed by atoms with Crippen LogP contribution >= 0.6 is 0 Å². The number of aryl methyl sites for hydroxylation is 1. The summed E-state index contributed by atoms with van der Waals surface area (Å²) in [5.74, 6) is 0. The molecule has 0 bridgehead atoms. The van der Waals surface area contributed by atoms with Crippen molar-refractivity contribution in [1.29, 1.82) is 0 Å². The Labute approximate surface area is 78.9 Å². The van der Waals surface area contributed by atoms with Gasteiger partial charge in [0.15, 0.2) is 0 Å². The fourth-order valence-corrected chi connectivity index (χ4v) is 1.82. The summed E-state index contributed by atoms with van der Waals surface area (Å²) in [5.41, 5.74) is 2.70. The Balaban J connectivity index is 2.18. The fraction of sp³-hybridized carbons (Fsp3) is 0.700. The number of rotatable bonds is 0. The number of hydrogen-bond donors (Lipinski definition) is 2. The van der Waals surface area contributed by atoms with E-state index >= 15 is 0 Å². The first kappa shape index (κ1) is 8.60. The van der Waals surface area contributed by atoms with E-state index in [2.05, 4.69) is 36.3 Å². The average Bonchev–Trinajstić information content (AvgIpc) is 2.47. The van der Waals surface area contributed by atoms with Gasteiger partial charge in [0.25, 0.3) is 0 Å². The third-order valence-electron chi connectivity index (χ3n) is 2.76. The second-order valence-corrected chi connectivity index (χ2v) is 4.85. The summed E-state index contributed by atoms with van der Waals surface area (Å²) in [5, 5.41) is 10.6. The van der Waals surface area contributed by atoms with Gasteiger partial charge in [-0.1, -0.05) is 20.8 Å². The molecule has 1 unspecified atom stereocenters. The Morgan fingerprint density at radius 2 is 2.23 bits per heavy atom. The number of aromatic amines is 1. The summed E-state index contributed by atoms with van der Waals surface area (Å²) in [6, 6.07) is 0.567. The van der Waals surface area contributed by atoms with E-state index in [-0.39, 0.29) is 0 Å². The molecular formula is C10H17N3. The maximum Gasteiger partial charge on any atom is 0.0854 e. The molecule has 2 rings (SSSR count). The first-order valence-electron chi connectivity index (χ1n) is 4.86. The second kappa shape index (κ2) is 2.76. The van der Waals surface area contributed by atoms with Gasteiger partial charge in [-0.2, -0.15) is 5.10 Å². The minimum atomic E-state index is 0.328. The molecule has 0 aromatic carbocycles. The number of nitrogens with zero attached hydrogens (tertiary/aromatic N) is 1. The smallest absolute Gasteiger partial charge is 0.0854 e. The quantitative estimate of drug-likeness (QED) is 0.641. The molecule has 0 radical (unpaired) electrons. The standard InChI is InChI=1S/C10H17N3/c1-10(2,3)9-5-4-7-8(12-9)6-11-13-7/h6,9,12H,4-5H2,1-3H3,(H,11,13). The van der Waals surface area contributed by atoms with Gasteiger partial charge in [-0.05, 0) is 18.3 Å². The van der Waals surface area contributed by atoms with E-state index in [0.29, 0.717) is 11.5 Å². The van der Waals surface area contributed by atoms with Crippen LogP contribution in [0, 0.1) is 5.41 Å². The highest BCUT2D eigenvalue weighted by Crippen LogP contribution is 2.31. The van der Waals surface area contributed by atoms with Crippen molar-refractivity contribution in [1.82, 2.24) is 10.2 Å². The molecule has 0 saturated carbocycles. The first-order chi connectivity index (χ1) is 6.07. The van der Waals surface area contributed by atoms with E-state index in [1.165, 1.54) is 17.8 Å². The topological polar surface area (TPSA) is 40.7 Å². The Morgan fingerprint density at radius 1 is 1.46 bits per heavy atom. The molecule has 72 valence electrons. The van der Waals surface area contributed by atoms with Crippen molar-refractivity contribution < 1.29 is 0 Å². The van der Waals surface area contributed by atoms with E-state index < -0.39 is 0 Å². The van der Waals surface area contributed by atoms with Gasteiger partial charge < -0.3 is 5.32 Å². The molecule has 0 aliphatic carbocycles. The lowest BCUT2D eigenvalue weighted by atomic mass is 9.82. The van der Waals surface area contributed by atoms with Crippen molar-refractivity contribution in [3.8, 4) is 0 Å². The Hall–Kier alpha value is -0.990. The van der Waals surface area contributed by atoms with E-state index in [1.54, 1.807) is 0 Å². The molecule has 1 aromatic rings. The van der Waals surface area contributed by atoms with Crippen molar-refractivity contribution in [2.24, 2.45) is 5.41 Å². The summed E-state index contributed by atoms with van der Waals surface area (Å²) in [7, 11) is 0. The molecule has 0 spiro atoms. The monoisotopic (exact) mass is 179 g/mol. The zero-order chi connectivity index (χ0) is 9.47. The zero-order valence-corrected chi connectivity index (χ0v) is 8.52. The van der Waals surface area contributed by atoms with Gasteiger partial charge in [0, 0.05) is 12.2 Å². The summed E-state index contributed by atoms with van der Waals surface area (Å²) >= 11 is 0. The molecule has 3 heteroatoms. The molecule has 1 aliphatic rings. The number of fused-ring (bicyclic) bond motifs is 1. The SMILES string of the molecule is CC(C)(C)C1CCc2n[nH]cc2N1. The number of nitrogens with one attached hydrogen (secondary N) is 2. The van der Waals surface area contributed by atoms with Crippen LogP contribution in [0.3, 0.4) is 0 Å². The van der Waals surface area contributed by atoms with Crippen molar-refractivity contribution in [3.05, 3.63) is 11.9 Å². The third kappa shape index (κ3) is 1.55. The summed E-state index contributed by atoms with van der Waals surface area (Å²) in [6.07, 6.45) is 4.22. The average molecular weight is 179 g/mol. The van der Waals surface area contributed by atoms with Gasteiger partial charge in [0.2, 0.25) is 0 Å². The van der Waals surface area contributed by atoms with Crippen LogP contribution in [0.4, 0.5) is 5.69 Å². The predicted molar refractivity (Wildman–Crippen MR) is 53.8 cm³/mol. The van der Waals surface area contributed by atoms with E-state index in [9.17, 15) is 0 Å². The molecule has 2 heterocycles. The zero-order valence-electron chi connectivity index (χ0n) is 8.52. The molecule has 0 fully saturated rings. The Kier molecular flexibility index (Phi) is 1.82. The lowest BCUT2D eigenvalue weighted by Crippen LogP contribution is -2.36. The molecule has 1 aromatic heterocycles. The fourth-order valence-electron chi connectivity index (χ4n) is 1.82. The molecule has 0 amide bonds. The van der Waals surface area contributed by atoms with Crippen LogP contribution < -0.4 is 5.32 Å². The lowest BCUT2D eigenvalue weighted by Gasteiger charge is -2.34. The van der Waals surface area contributed by atoms with Crippen LogP contribution in [0.25, 0.3) is 0 Å². The summed E-state index contributed by atoms with van der Waals surface area (Å²) in [6.45, 7) is 6.82. The molecule has 0 saturated heterocycles. The molecule has 13 heavy (non-hydrogen) atoms. The highest BCUT2D eigenvalue weighted by atomic mass is 15.1. The Morgan fingerprint density at radius 3 is 2.92 bits per heavy atom. The molecule has 3 nitrogen and oxygen atoms in total. The van der Waals surface area contributed by atoms with Crippen molar-refractivity contribution in [3.63, 3.8) is 0 Å². The molecular weight excluding hydrogens is 162 g/mol. The maximum absolute atomic E-state index is 4.19. The highest BCUT2D eigenvalue weighted by molar-refractivity contribution is 5.49. The summed E-state index contributed by atoms with van der Waals surface area (Å²) < 4.78 is 0. The number of aromatic nitrogens is 2. The minimum absolute atomic E-state index is 0.328. The van der Waals surface area contributed by atoms with E-state index in [1.807, 2.05) is 6.20 Å². The normalized spacial score (nSPS) is 22.2. The van der Waals surface area contributed by atoms with Crippen LogP contribution in [0.5, 0.6) is 0 Å².